The third kappa shape index (κ3) is 2.82. The normalized spacial score (nSPS) is 21.1. The van der Waals surface area contributed by atoms with Crippen molar-refractivity contribution in [2.45, 2.75) is 32.4 Å². The van der Waals surface area contributed by atoms with Gasteiger partial charge in [0.15, 0.2) is 5.96 Å². The van der Waals surface area contributed by atoms with Crippen molar-refractivity contribution in [3.05, 3.63) is 70.5 Å². The van der Waals surface area contributed by atoms with E-state index >= 15 is 0 Å². The minimum atomic E-state index is -0.256. The summed E-state index contributed by atoms with van der Waals surface area (Å²) in [5.41, 5.74) is 10.2. The summed E-state index contributed by atoms with van der Waals surface area (Å²) in [7, 11) is 0. The van der Waals surface area contributed by atoms with Gasteiger partial charge >= 0.3 is 0 Å². The van der Waals surface area contributed by atoms with E-state index in [0.717, 1.165) is 0 Å². The van der Waals surface area contributed by atoms with Crippen molar-refractivity contribution >= 4 is 5.96 Å². The van der Waals surface area contributed by atoms with Gasteiger partial charge in [0.2, 0.25) is 0 Å². The van der Waals surface area contributed by atoms with E-state index in [4.69, 9.17) is 5.73 Å². The number of aliphatic imine (C=N–C) groups is 1. The second-order valence-corrected chi connectivity index (χ2v) is 5.84. The fourth-order valence-electron chi connectivity index (χ4n) is 3.08. The molecular formula is C18H20FN3. The molecule has 0 saturated carbocycles. The number of hydrogen-bond donors (Lipinski definition) is 2. The third-order valence-electron chi connectivity index (χ3n) is 4.14. The first-order valence-corrected chi connectivity index (χ1v) is 7.46. The lowest BCUT2D eigenvalue weighted by atomic mass is 9.91. The van der Waals surface area contributed by atoms with Crippen molar-refractivity contribution < 1.29 is 4.39 Å². The SMILES string of the molecule is Cc1ccc(C2CC(c3ccccc3F)N=C(N)N2)c(C)c1. The molecule has 1 aliphatic heterocycles. The number of nitrogens with one attached hydrogen (secondary N) is 1. The molecule has 2 atom stereocenters. The molecule has 4 heteroatoms. The van der Waals surface area contributed by atoms with E-state index in [1.165, 1.54) is 22.8 Å². The summed E-state index contributed by atoms with van der Waals surface area (Å²) < 4.78 is 14.0. The van der Waals surface area contributed by atoms with Gasteiger partial charge in [-0.1, -0.05) is 42.0 Å². The summed E-state index contributed by atoms with van der Waals surface area (Å²) in [4.78, 5) is 4.38. The maximum atomic E-state index is 14.0. The molecule has 22 heavy (non-hydrogen) atoms. The predicted octanol–water partition coefficient (Wildman–Crippen LogP) is 3.53. The smallest absolute Gasteiger partial charge is 0.189 e. The average molecular weight is 297 g/mol. The van der Waals surface area contributed by atoms with Gasteiger partial charge in [-0.2, -0.15) is 0 Å². The zero-order chi connectivity index (χ0) is 15.7. The highest BCUT2D eigenvalue weighted by Gasteiger charge is 2.26. The van der Waals surface area contributed by atoms with Crippen molar-refractivity contribution in [1.29, 1.82) is 0 Å². The third-order valence-corrected chi connectivity index (χ3v) is 4.14. The first-order chi connectivity index (χ1) is 10.5. The van der Waals surface area contributed by atoms with Crippen LogP contribution < -0.4 is 11.1 Å². The second kappa shape index (κ2) is 5.79. The van der Waals surface area contributed by atoms with Crippen LogP contribution in [-0.4, -0.2) is 5.96 Å². The van der Waals surface area contributed by atoms with Gasteiger partial charge in [0.1, 0.15) is 5.82 Å². The van der Waals surface area contributed by atoms with E-state index < -0.39 is 0 Å². The Labute approximate surface area is 130 Å². The summed E-state index contributed by atoms with van der Waals surface area (Å²) >= 11 is 0. The molecule has 0 radical (unpaired) electrons. The number of guanidine groups is 1. The highest BCUT2D eigenvalue weighted by Crippen LogP contribution is 2.34. The van der Waals surface area contributed by atoms with Crippen LogP contribution in [0, 0.1) is 19.7 Å². The van der Waals surface area contributed by atoms with Gasteiger partial charge in [-0.3, -0.25) is 0 Å². The molecule has 0 aromatic heterocycles. The van der Waals surface area contributed by atoms with Gasteiger partial charge in [-0.15, -0.1) is 0 Å². The number of halogens is 1. The summed E-state index contributed by atoms with van der Waals surface area (Å²) in [6.07, 6.45) is 0.686. The molecule has 1 heterocycles. The Morgan fingerprint density at radius 2 is 1.91 bits per heavy atom. The largest absolute Gasteiger partial charge is 0.370 e. The average Bonchev–Trinajstić information content (AvgIpc) is 2.47. The first-order valence-electron chi connectivity index (χ1n) is 7.46. The molecule has 0 spiro atoms. The fraction of sp³-hybridized carbons (Fsp3) is 0.278. The van der Waals surface area contributed by atoms with E-state index in [1.807, 2.05) is 6.07 Å². The van der Waals surface area contributed by atoms with Gasteiger partial charge in [0.05, 0.1) is 12.1 Å². The van der Waals surface area contributed by atoms with Crippen LogP contribution in [0.4, 0.5) is 4.39 Å². The maximum Gasteiger partial charge on any atom is 0.189 e. The van der Waals surface area contributed by atoms with Crippen LogP contribution in [0.5, 0.6) is 0 Å². The van der Waals surface area contributed by atoms with Crippen LogP contribution in [0.1, 0.15) is 40.8 Å². The minimum absolute atomic E-state index is 0.0442. The molecule has 114 valence electrons. The van der Waals surface area contributed by atoms with Crippen LogP contribution in [0.3, 0.4) is 0 Å². The monoisotopic (exact) mass is 297 g/mol. The van der Waals surface area contributed by atoms with E-state index in [1.54, 1.807) is 12.1 Å². The molecule has 3 rings (SSSR count). The second-order valence-electron chi connectivity index (χ2n) is 5.84. The van der Waals surface area contributed by atoms with Crippen molar-refractivity contribution in [1.82, 2.24) is 5.32 Å². The lowest BCUT2D eigenvalue weighted by Gasteiger charge is -2.30. The summed E-state index contributed by atoms with van der Waals surface area (Å²) in [6.45, 7) is 4.16. The molecule has 0 fully saturated rings. The number of hydrogen-bond acceptors (Lipinski definition) is 3. The van der Waals surface area contributed by atoms with Gasteiger partial charge in [-0.25, -0.2) is 9.38 Å². The Bertz CT molecular complexity index is 724. The standard InChI is InChI=1S/C18H20FN3/c1-11-7-8-13(12(2)9-11)16-10-17(22-18(20)21-16)14-5-3-4-6-15(14)19/h3-9,16-17H,10H2,1-2H3,(H3,20,21,22). The molecule has 0 aliphatic carbocycles. The van der Waals surface area contributed by atoms with Crippen LogP contribution in [0.15, 0.2) is 47.5 Å². The number of rotatable bonds is 2. The molecule has 2 aromatic carbocycles. The van der Waals surface area contributed by atoms with E-state index in [2.05, 4.69) is 42.4 Å². The quantitative estimate of drug-likeness (QED) is 0.891. The van der Waals surface area contributed by atoms with Crippen LogP contribution in [0.2, 0.25) is 0 Å². The number of nitrogens with zero attached hydrogens (tertiary/aromatic N) is 1. The van der Waals surface area contributed by atoms with Gasteiger partial charge in [-0.05, 0) is 37.5 Å². The zero-order valence-corrected chi connectivity index (χ0v) is 12.8. The molecule has 2 unspecified atom stereocenters. The fourth-order valence-corrected chi connectivity index (χ4v) is 3.08. The topological polar surface area (TPSA) is 50.4 Å². The molecule has 1 aliphatic rings. The molecule has 0 amide bonds. The van der Waals surface area contributed by atoms with Gasteiger partial charge in [0, 0.05) is 5.56 Å². The first kappa shape index (κ1) is 14.6. The molecule has 3 nitrogen and oxygen atoms in total. The Hall–Kier alpha value is -2.36. The number of nitrogens with two attached hydrogens (primary N) is 1. The maximum absolute atomic E-state index is 14.0. The van der Waals surface area contributed by atoms with Crippen LogP contribution in [-0.2, 0) is 0 Å². The van der Waals surface area contributed by atoms with Crippen molar-refractivity contribution in [3.8, 4) is 0 Å². The predicted molar refractivity (Wildman–Crippen MR) is 87.2 cm³/mol. The molecular weight excluding hydrogens is 277 g/mol. The lowest BCUT2D eigenvalue weighted by molar-refractivity contribution is 0.469. The zero-order valence-electron chi connectivity index (χ0n) is 12.8. The minimum Gasteiger partial charge on any atom is -0.370 e. The molecule has 0 saturated heterocycles. The Morgan fingerprint density at radius 3 is 2.64 bits per heavy atom. The Kier molecular flexibility index (Phi) is 3.84. The van der Waals surface area contributed by atoms with E-state index in [-0.39, 0.29) is 17.9 Å². The molecule has 0 bridgehead atoms. The Balaban J connectivity index is 1.94. The highest BCUT2D eigenvalue weighted by molar-refractivity contribution is 5.79. The van der Waals surface area contributed by atoms with Crippen molar-refractivity contribution in [3.63, 3.8) is 0 Å². The number of aryl methyl sites for hydroxylation is 2. The van der Waals surface area contributed by atoms with E-state index in [0.29, 0.717) is 17.9 Å². The van der Waals surface area contributed by atoms with Crippen molar-refractivity contribution in [2.75, 3.05) is 0 Å². The van der Waals surface area contributed by atoms with Crippen LogP contribution >= 0.6 is 0 Å². The number of benzene rings is 2. The summed E-state index contributed by atoms with van der Waals surface area (Å²) in [5, 5.41) is 3.22. The van der Waals surface area contributed by atoms with Gasteiger partial charge in [0.25, 0.3) is 0 Å². The van der Waals surface area contributed by atoms with Crippen LogP contribution in [0.25, 0.3) is 0 Å². The molecule has 3 N–H and O–H groups in total. The van der Waals surface area contributed by atoms with Crippen molar-refractivity contribution in [2.24, 2.45) is 10.7 Å². The summed E-state index contributed by atoms with van der Waals surface area (Å²) in [6, 6.07) is 12.9. The summed E-state index contributed by atoms with van der Waals surface area (Å²) in [5.74, 6) is 0.134. The Morgan fingerprint density at radius 1 is 1.14 bits per heavy atom. The molecule has 2 aromatic rings. The lowest BCUT2D eigenvalue weighted by Crippen LogP contribution is -2.40. The van der Waals surface area contributed by atoms with E-state index in [9.17, 15) is 4.39 Å². The highest BCUT2D eigenvalue weighted by atomic mass is 19.1. The van der Waals surface area contributed by atoms with Gasteiger partial charge < -0.3 is 11.1 Å².